The van der Waals surface area contributed by atoms with Crippen LogP contribution in [0.15, 0.2) is 48.7 Å². The lowest BCUT2D eigenvalue weighted by Gasteiger charge is -2.06. The molecule has 0 aliphatic heterocycles. The number of rotatable bonds is 7. The van der Waals surface area contributed by atoms with Gasteiger partial charge in [-0.25, -0.2) is 4.79 Å². The van der Waals surface area contributed by atoms with E-state index >= 15 is 0 Å². The number of aromatic nitrogens is 1. The molecule has 0 saturated carbocycles. The highest BCUT2D eigenvalue weighted by Gasteiger charge is 2.17. The van der Waals surface area contributed by atoms with E-state index in [0.717, 1.165) is 22.0 Å². The van der Waals surface area contributed by atoms with Crippen LogP contribution in [-0.2, 0) is 20.8 Å². The molecule has 0 unspecified atom stereocenters. The average Bonchev–Trinajstić information content (AvgIpc) is 3.12. The Morgan fingerprint density at radius 2 is 1.79 bits per heavy atom. The zero-order valence-corrected chi connectivity index (χ0v) is 16.4. The molecule has 150 valence electrons. The van der Waals surface area contributed by atoms with Crippen LogP contribution in [0, 0.1) is 0 Å². The molecule has 1 aromatic heterocycles. The minimum atomic E-state index is -0.410. The van der Waals surface area contributed by atoms with Crippen molar-refractivity contribution in [2.45, 2.75) is 19.4 Å². The summed E-state index contributed by atoms with van der Waals surface area (Å²) >= 11 is 0. The number of phenols is 1. The Morgan fingerprint density at radius 3 is 2.48 bits per heavy atom. The van der Waals surface area contributed by atoms with E-state index in [2.05, 4.69) is 4.74 Å². The number of benzene rings is 2. The highest BCUT2D eigenvalue weighted by molar-refractivity contribution is 6.08. The van der Waals surface area contributed by atoms with Gasteiger partial charge in [-0.15, -0.1) is 0 Å². The van der Waals surface area contributed by atoms with Crippen molar-refractivity contribution in [1.29, 1.82) is 0 Å². The fraction of sp³-hybridized carbons (Fsp3) is 0.217. The van der Waals surface area contributed by atoms with Crippen molar-refractivity contribution in [3.05, 3.63) is 65.4 Å². The zero-order chi connectivity index (χ0) is 20.8. The van der Waals surface area contributed by atoms with Crippen LogP contribution < -0.4 is 0 Å². The Bertz CT molecular complexity index is 1050. The van der Waals surface area contributed by atoms with Crippen molar-refractivity contribution in [1.82, 2.24) is 4.57 Å². The number of esters is 2. The molecule has 0 radical (unpaired) electrons. The molecule has 6 heteroatoms. The molecule has 1 N–H and O–H groups in total. The molecule has 2 aromatic carbocycles. The van der Waals surface area contributed by atoms with Crippen LogP contribution >= 0.6 is 0 Å². The van der Waals surface area contributed by atoms with Gasteiger partial charge in [-0.1, -0.05) is 36.4 Å². The third kappa shape index (κ3) is 4.66. The molecule has 3 aromatic rings. The first-order valence-electron chi connectivity index (χ1n) is 9.27. The number of carbonyl (C=O) groups excluding carboxylic acids is 2. The molecule has 6 nitrogen and oxygen atoms in total. The summed E-state index contributed by atoms with van der Waals surface area (Å²) in [6.07, 6.45) is 6.53. The van der Waals surface area contributed by atoms with E-state index in [1.165, 1.54) is 14.2 Å². The van der Waals surface area contributed by atoms with Crippen molar-refractivity contribution in [3.8, 4) is 5.75 Å². The van der Waals surface area contributed by atoms with Crippen molar-refractivity contribution in [2.24, 2.45) is 0 Å². The normalized spacial score (nSPS) is 11.1. The summed E-state index contributed by atoms with van der Waals surface area (Å²) in [7, 11) is 2.73. The second-order valence-electron chi connectivity index (χ2n) is 6.57. The van der Waals surface area contributed by atoms with E-state index in [1.54, 1.807) is 18.3 Å². The molecule has 0 amide bonds. The number of hydrogen-bond donors (Lipinski definition) is 1. The van der Waals surface area contributed by atoms with Crippen molar-refractivity contribution < 1.29 is 24.2 Å². The summed E-state index contributed by atoms with van der Waals surface area (Å²) < 4.78 is 11.6. The molecular formula is C23H23NO5. The van der Waals surface area contributed by atoms with E-state index in [-0.39, 0.29) is 11.7 Å². The lowest BCUT2D eigenvalue weighted by Crippen LogP contribution is -2.04. The van der Waals surface area contributed by atoms with Crippen molar-refractivity contribution in [2.75, 3.05) is 14.2 Å². The SMILES string of the molecule is COC(=O)CCCn1cc(C(=O)OC)c2c(C=Cc3ccc(O)cc3)cccc21. The van der Waals surface area contributed by atoms with Crippen LogP contribution in [0.3, 0.4) is 0 Å². The predicted molar refractivity (Wildman–Crippen MR) is 112 cm³/mol. The Hall–Kier alpha value is -3.54. The molecule has 0 bridgehead atoms. The van der Waals surface area contributed by atoms with Crippen LogP contribution in [-0.4, -0.2) is 35.8 Å². The molecule has 29 heavy (non-hydrogen) atoms. The number of hydrogen-bond acceptors (Lipinski definition) is 5. The van der Waals surface area contributed by atoms with Crippen LogP contribution in [0.5, 0.6) is 5.75 Å². The summed E-state index contributed by atoms with van der Waals surface area (Å²) in [6, 6.07) is 12.7. The van der Waals surface area contributed by atoms with Gasteiger partial charge in [0.1, 0.15) is 5.75 Å². The van der Waals surface area contributed by atoms with Gasteiger partial charge in [0.15, 0.2) is 0 Å². The minimum absolute atomic E-state index is 0.210. The number of aryl methyl sites for hydroxylation is 1. The van der Waals surface area contributed by atoms with Gasteiger partial charge in [0.05, 0.1) is 19.8 Å². The minimum Gasteiger partial charge on any atom is -0.508 e. The Labute approximate surface area is 169 Å². The third-order valence-electron chi connectivity index (χ3n) is 4.70. The number of phenolic OH excluding ortho intramolecular Hbond substituents is 1. The quantitative estimate of drug-likeness (QED) is 0.479. The first-order chi connectivity index (χ1) is 14.0. The van der Waals surface area contributed by atoms with Gasteiger partial charge in [-0.3, -0.25) is 4.79 Å². The lowest BCUT2D eigenvalue weighted by molar-refractivity contribution is -0.140. The summed E-state index contributed by atoms with van der Waals surface area (Å²) in [4.78, 5) is 23.8. The molecule has 0 atom stereocenters. The number of ether oxygens (including phenoxy) is 2. The molecule has 0 saturated heterocycles. The molecule has 0 fully saturated rings. The monoisotopic (exact) mass is 393 g/mol. The predicted octanol–water partition coefficient (Wildman–Crippen LogP) is 4.26. The van der Waals surface area contributed by atoms with Gasteiger partial charge in [0, 0.05) is 30.1 Å². The fourth-order valence-electron chi connectivity index (χ4n) is 3.24. The lowest BCUT2D eigenvalue weighted by atomic mass is 10.0. The van der Waals surface area contributed by atoms with Gasteiger partial charge < -0.3 is 19.1 Å². The van der Waals surface area contributed by atoms with Gasteiger partial charge in [-0.05, 0) is 35.7 Å². The largest absolute Gasteiger partial charge is 0.508 e. The van der Waals surface area contributed by atoms with E-state index in [1.807, 2.05) is 47.1 Å². The first-order valence-corrected chi connectivity index (χ1v) is 9.27. The highest BCUT2D eigenvalue weighted by Crippen LogP contribution is 2.28. The summed E-state index contributed by atoms with van der Waals surface area (Å²) in [5.41, 5.74) is 3.18. The first kappa shape index (κ1) is 20.2. The number of methoxy groups -OCH3 is 2. The zero-order valence-electron chi connectivity index (χ0n) is 16.4. The maximum Gasteiger partial charge on any atom is 0.340 e. The van der Waals surface area contributed by atoms with Gasteiger partial charge in [0.2, 0.25) is 0 Å². The van der Waals surface area contributed by atoms with E-state index in [9.17, 15) is 14.7 Å². The number of nitrogens with zero attached hydrogens (tertiary/aromatic N) is 1. The van der Waals surface area contributed by atoms with E-state index in [4.69, 9.17) is 4.74 Å². The van der Waals surface area contributed by atoms with Crippen LogP contribution in [0.25, 0.3) is 23.1 Å². The molecular weight excluding hydrogens is 370 g/mol. The average molecular weight is 393 g/mol. The van der Waals surface area contributed by atoms with Crippen LogP contribution in [0.4, 0.5) is 0 Å². The van der Waals surface area contributed by atoms with E-state index in [0.29, 0.717) is 24.9 Å². The van der Waals surface area contributed by atoms with Crippen LogP contribution in [0.1, 0.15) is 34.3 Å². The van der Waals surface area contributed by atoms with Crippen molar-refractivity contribution >= 4 is 35.0 Å². The van der Waals surface area contributed by atoms with Gasteiger partial charge in [-0.2, -0.15) is 0 Å². The summed E-state index contributed by atoms with van der Waals surface area (Å²) in [5.74, 6) is -0.458. The number of fused-ring (bicyclic) bond motifs is 1. The Kier molecular flexibility index (Phi) is 6.34. The Balaban J connectivity index is 1.98. The standard InChI is InChI=1S/C23H23NO5/c1-28-21(26)7-4-14-24-15-19(23(27)29-2)22-17(5-3-6-20(22)24)11-8-16-9-12-18(25)13-10-16/h3,5-6,8-13,15,25H,4,7,14H2,1-2H3. The highest BCUT2D eigenvalue weighted by atomic mass is 16.5. The second-order valence-corrected chi connectivity index (χ2v) is 6.57. The van der Waals surface area contributed by atoms with E-state index < -0.39 is 5.97 Å². The van der Waals surface area contributed by atoms with Gasteiger partial charge >= 0.3 is 11.9 Å². The molecule has 0 aliphatic carbocycles. The third-order valence-corrected chi connectivity index (χ3v) is 4.70. The maximum absolute atomic E-state index is 12.4. The van der Waals surface area contributed by atoms with Crippen LogP contribution in [0.2, 0.25) is 0 Å². The molecule has 0 spiro atoms. The smallest absolute Gasteiger partial charge is 0.340 e. The molecule has 3 rings (SSSR count). The second kappa shape index (κ2) is 9.10. The summed E-state index contributed by atoms with van der Waals surface area (Å²) in [5, 5.41) is 10.2. The molecule has 0 aliphatic rings. The Morgan fingerprint density at radius 1 is 1.03 bits per heavy atom. The topological polar surface area (TPSA) is 77.8 Å². The number of carbonyl (C=O) groups is 2. The summed E-state index contributed by atoms with van der Waals surface area (Å²) in [6.45, 7) is 0.577. The van der Waals surface area contributed by atoms with Gasteiger partial charge in [0.25, 0.3) is 0 Å². The number of aromatic hydroxyl groups is 1. The van der Waals surface area contributed by atoms with Crippen molar-refractivity contribution in [3.63, 3.8) is 0 Å². The fourth-order valence-corrected chi connectivity index (χ4v) is 3.24. The molecule has 1 heterocycles. The maximum atomic E-state index is 12.4.